The average Bonchev–Trinajstić information content (AvgIpc) is 2.61. The van der Waals surface area contributed by atoms with Gasteiger partial charge in [0, 0.05) is 23.5 Å². The van der Waals surface area contributed by atoms with Crippen LogP contribution in [0.2, 0.25) is 5.02 Å². The van der Waals surface area contributed by atoms with Gasteiger partial charge < -0.3 is 5.73 Å². The Balaban J connectivity index is 2.12. The molecule has 1 saturated heterocycles. The maximum Gasteiger partial charge on any atom is 0.243 e. The molecule has 102 valence electrons. The first-order chi connectivity index (χ1) is 9.02. The lowest BCUT2D eigenvalue weighted by Crippen LogP contribution is -2.31. The molecule has 1 fully saturated rings. The van der Waals surface area contributed by atoms with Gasteiger partial charge in [0.1, 0.15) is 0 Å². The van der Waals surface area contributed by atoms with Crippen LogP contribution in [0.15, 0.2) is 23.1 Å². The van der Waals surface area contributed by atoms with E-state index in [0.29, 0.717) is 17.3 Å². The van der Waals surface area contributed by atoms with Gasteiger partial charge in [0.2, 0.25) is 11.8 Å². The standard InChI is InChI=1S/C13H15ClN2O2S/c1-2-5-16-12(17)7-11(13(16)18)19-10-4-3-8(15)6-9(10)14/h3-4,6,11H,2,5,7,15H2,1H3. The lowest BCUT2D eigenvalue weighted by molar-refractivity contribution is -0.138. The first-order valence-corrected chi connectivity index (χ1v) is 7.34. The summed E-state index contributed by atoms with van der Waals surface area (Å²) in [5, 5.41) is 0.138. The zero-order chi connectivity index (χ0) is 14.0. The zero-order valence-corrected chi connectivity index (χ0v) is 12.1. The van der Waals surface area contributed by atoms with Crippen molar-refractivity contribution < 1.29 is 9.59 Å². The molecule has 2 amide bonds. The molecule has 0 aromatic heterocycles. The molecular weight excluding hydrogens is 284 g/mol. The van der Waals surface area contributed by atoms with E-state index >= 15 is 0 Å². The van der Waals surface area contributed by atoms with Crippen molar-refractivity contribution in [3.63, 3.8) is 0 Å². The summed E-state index contributed by atoms with van der Waals surface area (Å²) in [4.78, 5) is 26.0. The fourth-order valence-electron chi connectivity index (χ4n) is 1.97. The molecule has 2 N–H and O–H groups in total. The third-order valence-electron chi connectivity index (χ3n) is 2.87. The molecule has 1 aliphatic heterocycles. The molecule has 1 aliphatic rings. The third kappa shape index (κ3) is 3.04. The van der Waals surface area contributed by atoms with E-state index in [9.17, 15) is 9.59 Å². The van der Waals surface area contributed by atoms with Crippen LogP contribution >= 0.6 is 23.4 Å². The van der Waals surface area contributed by atoms with Crippen LogP contribution in [0.25, 0.3) is 0 Å². The van der Waals surface area contributed by atoms with Crippen molar-refractivity contribution in [2.24, 2.45) is 0 Å². The van der Waals surface area contributed by atoms with E-state index in [0.717, 1.165) is 11.3 Å². The Labute approximate surface area is 121 Å². The van der Waals surface area contributed by atoms with Crippen LogP contribution < -0.4 is 5.73 Å². The molecule has 0 bridgehead atoms. The molecule has 6 heteroatoms. The summed E-state index contributed by atoms with van der Waals surface area (Å²) in [7, 11) is 0. The monoisotopic (exact) mass is 298 g/mol. The van der Waals surface area contributed by atoms with Crippen molar-refractivity contribution in [2.75, 3.05) is 12.3 Å². The second-order valence-corrected chi connectivity index (χ2v) is 6.04. The molecule has 1 aromatic carbocycles. The third-order valence-corrected chi connectivity index (χ3v) is 4.56. The van der Waals surface area contributed by atoms with Gasteiger partial charge in [-0.05, 0) is 24.6 Å². The molecule has 1 atom stereocenters. The first kappa shape index (κ1) is 14.2. The van der Waals surface area contributed by atoms with Crippen LogP contribution in [0.3, 0.4) is 0 Å². The molecule has 19 heavy (non-hydrogen) atoms. The van der Waals surface area contributed by atoms with Gasteiger partial charge in [0.15, 0.2) is 0 Å². The van der Waals surface area contributed by atoms with Gasteiger partial charge in [-0.2, -0.15) is 0 Å². The lowest BCUT2D eigenvalue weighted by atomic mass is 10.3. The van der Waals surface area contributed by atoms with Crippen molar-refractivity contribution in [3.8, 4) is 0 Å². The van der Waals surface area contributed by atoms with Gasteiger partial charge >= 0.3 is 0 Å². The van der Waals surface area contributed by atoms with E-state index in [1.54, 1.807) is 18.2 Å². The number of carbonyl (C=O) groups excluding carboxylic acids is 2. The summed E-state index contributed by atoms with van der Waals surface area (Å²) >= 11 is 7.41. The van der Waals surface area contributed by atoms with Crippen LogP contribution in [0.4, 0.5) is 5.69 Å². The van der Waals surface area contributed by atoms with Crippen molar-refractivity contribution in [3.05, 3.63) is 23.2 Å². The highest BCUT2D eigenvalue weighted by molar-refractivity contribution is 8.00. The summed E-state index contributed by atoms with van der Waals surface area (Å²) in [6.07, 6.45) is 1.02. The Kier molecular flexibility index (Phi) is 4.37. The lowest BCUT2D eigenvalue weighted by Gasteiger charge is -2.13. The van der Waals surface area contributed by atoms with E-state index in [2.05, 4.69) is 0 Å². The number of benzene rings is 1. The number of nitrogens with zero attached hydrogens (tertiary/aromatic N) is 1. The molecule has 0 spiro atoms. The number of hydrogen-bond donors (Lipinski definition) is 1. The predicted octanol–water partition coefficient (Wildman–Crippen LogP) is 2.55. The van der Waals surface area contributed by atoms with E-state index in [1.807, 2.05) is 6.92 Å². The molecule has 4 nitrogen and oxygen atoms in total. The number of nitrogens with two attached hydrogens (primary N) is 1. The Morgan fingerprint density at radius 1 is 1.47 bits per heavy atom. The van der Waals surface area contributed by atoms with Crippen molar-refractivity contribution in [1.29, 1.82) is 0 Å². The van der Waals surface area contributed by atoms with Gasteiger partial charge in [0.05, 0.1) is 10.3 Å². The smallest absolute Gasteiger partial charge is 0.243 e. The minimum absolute atomic E-state index is 0.101. The molecule has 2 rings (SSSR count). The van der Waals surface area contributed by atoms with Crippen molar-refractivity contribution in [1.82, 2.24) is 4.90 Å². The Morgan fingerprint density at radius 2 is 2.21 bits per heavy atom. The number of likely N-dealkylation sites (tertiary alicyclic amines) is 1. The molecule has 0 aliphatic carbocycles. The minimum Gasteiger partial charge on any atom is -0.399 e. The highest BCUT2D eigenvalue weighted by Gasteiger charge is 2.38. The van der Waals surface area contributed by atoms with Gasteiger partial charge in [-0.3, -0.25) is 14.5 Å². The molecule has 0 radical (unpaired) electrons. The normalized spacial score (nSPS) is 19.3. The number of nitrogen functional groups attached to an aromatic ring is 1. The number of carbonyl (C=O) groups is 2. The Bertz CT molecular complexity index is 521. The molecule has 1 aromatic rings. The summed E-state index contributed by atoms with van der Waals surface area (Å²) in [5.41, 5.74) is 6.20. The number of hydrogen-bond acceptors (Lipinski definition) is 4. The summed E-state index contributed by atoms with van der Waals surface area (Å²) in [5.74, 6) is -0.222. The number of rotatable bonds is 4. The number of anilines is 1. The van der Waals surface area contributed by atoms with E-state index in [-0.39, 0.29) is 23.5 Å². The number of amides is 2. The number of thioether (sulfide) groups is 1. The van der Waals surface area contributed by atoms with Crippen LogP contribution in [0, 0.1) is 0 Å². The number of imide groups is 1. The quantitative estimate of drug-likeness (QED) is 0.685. The Hall–Kier alpha value is -1.20. The van der Waals surface area contributed by atoms with Gasteiger partial charge in [-0.15, -0.1) is 11.8 Å². The maximum absolute atomic E-state index is 12.1. The first-order valence-electron chi connectivity index (χ1n) is 6.08. The summed E-state index contributed by atoms with van der Waals surface area (Å²) in [6.45, 7) is 2.43. The van der Waals surface area contributed by atoms with Crippen LogP contribution in [0.1, 0.15) is 19.8 Å². The zero-order valence-electron chi connectivity index (χ0n) is 10.6. The molecule has 0 saturated carbocycles. The van der Waals surface area contributed by atoms with Crippen LogP contribution in [-0.2, 0) is 9.59 Å². The maximum atomic E-state index is 12.1. The fraction of sp³-hybridized carbons (Fsp3) is 0.385. The fourth-order valence-corrected chi connectivity index (χ4v) is 3.37. The molecule has 1 heterocycles. The largest absolute Gasteiger partial charge is 0.399 e. The second-order valence-electron chi connectivity index (χ2n) is 4.38. The minimum atomic E-state index is -0.375. The second kappa shape index (κ2) is 5.84. The summed E-state index contributed by atoms with van der Waals surface area (Å²) < 4.78 is 0. The van der Waals surface area contributed by atoms with Gasteiger partial charge in [-0.1, -0.05) is 18.5 Å². The van der Waals surface area contributed by atoms with Crippen molar-refractivity contribution >= 4 is 40.9 Å². The topological polar surface area (TPSA) is 63.4 Å². The SMILES string of the molecule is CCCN1C(=O)CC(Sc2ccc(N)cc2Cl)C1=O. The van der Waals surface area contributed by atoms with Gasteiger partial charge in [-0.25, -0.2) is 0 Å². The average molecular weight is 299 g/mol. The highest BCUT2D eigenvalue weighted by atomic mass is 35.5. The van der Waals surface area contributed by atoms with Crippen molar-refractivity contribution in [2.45, 2.75) is 29.9 Å². The highest BCUT2D eigenvalue weighted by Crippen LogP contribution is 2.36. The van der Waals surface area contributed by atoms with Gasteiger partial charge in [0.25, 0.3) is 0 Å². The van der Waals surface area contributed by atoms with E-state index in [4.69, 9.17) is 17.3 Å². The predicted molar refractivity (Wildman–Crippen MR) is 77.1 cm³/mol. The van der Waals surface area contributed by atoms with Crippen LogP contribution in [0.5, 0.6) is 0 Å². The molecular formula is C13H15ClN2O2S. The Morgan fingerprint density at radius 3 is 2.84 bits per heavy atom. The van der Waals surface area contributed by atoms with E-state index < -0.39 is 0 Å². The molecule has 1 unspecified atom stereocenters. The van der Waals surface area contributed by atoms with Crippen LogP contribution in [-0.4, -0.2) is 28.5 Å². The number of halogens is 1. The summed E-state index contributed by atoms with van der Waals surface area (Å²) in [6, 6.07) is 5.16. The van der Waals surface area contributed by atoms with E-state index in [1.165, 1.54) is 16.7 Å².